The lowest BCUT2D eigenvalue weighted by molar-refractivity contribution is -0.119. The maximum absolute atomic E-state index is 12.9. The molecular weight excluding hydrogens is 454 g/mol. The molecule has 0 aliphatic heterocycles. The molecule has 1 amide bonds. The van der Waals surface area contributed by atoms with Gasteiger partial charge >= 0.3 is 5.69 Å². The number of aromatic nitrogens is 2. The summed E-state index contributed by atoms with van der Waals surface area (Å²) in [5, 5.41) is 2.85. The highest BCUT2D eigenvalue weighted by Crippen LogP contribution is 2.34. The number of carbonyl (C=O) groups is 1. The average Bonchev–Trinajstić information content (AvgIpc) is 2.78. The van der Waals surface area contributed by atoms with E-state index in [0.29, 0.717) is 35.9 Å². The molecular formula is C24H37N5O6. The van der Waals surface area contributed by atoms with Gasteiger partial charge in [-0.25, -0.2) is 4.79 Å². The van der Waals surface area contributed by atoms with Gasteiger partial charge in [-0.1, -0.05) is 27.7 Å². The third-order valence-corrected chi connectivity index (χ3v) is 5.26. The van der Waals surface area contributed by atoms with Crippen LogP contribution in [-0.2, 0) is 17.9 Å². The van der Waals surface area contributed by atoms with Gasteiger partial charge in [0.15, 0.2) is 11.5 Å². The van der Waals surface area contributed by atoms with Gasteiger partial charge in [0.25, 0.3) is 5.56 Å². The van der Waals surface area contributed by atoms with E-state index in [-0.39, 0.29) is 42.3 Å². The van der Waals surface area contributed by atoms with Gasteiger partial charge in [-0.15, -0.1) is 0 Å². The third kappa shape index (κ3) is 6.93. The van der Waals surface area contributed by atoms with Crippen LogP contribution in [0.1, 0.15) is 33.3 Å². The van der Waals surface area contributed by atoms with Crippen LogP contribution in [0, 0.1) is 11.8 Å². The molecule has 194 valence electrons. The van der Waals surface area contributed by atoms with E-state index in [2.05, 4.69) is 10.3 Å². The van der Waals surface area contributed by atoms with Gasteiger partial charge < -0.3 is 30.2 Å². The first-order valence-corrected chi connectivity index (χ1v) is 11.4. The second-order valence-electron chi connectivity index (χ2n) is 9.07. The summed E-state index contributed by atoms with van der Waals surface area (Å²) in [5.74, 6) is 1.51. The molecule has 11 nitrogen and oxygen atoms in total. The highest BCUT2D eigenvalue weighted by molar-refractivity contribution is 5.82. The fourth-order valence-corrected chi connectivity index (χ4v) is 3.76. The Hall–Kier alpha value is -3.63. The topological polar surface area (TPSA) is 141 Å². The Labute approximate surface area is 205 Å². The number of nitrogens with two attached hydrogens (primary N) is 1. The van der Waals surface area contributed by atoms with Crippen molar-refractivity contribution in [1.29, 1.82) is 0 Å². The molecule has 1 heterocycles. The van der Waals surface area contributed by atoms with Crippen LogP contribution in [0.3, 0.4) is 0 Å². The molecule has 0 fully saturated rings. The smallest absolute Gasteiger partial charge is 0.330 e. The molecule has 0 unspecified atom stereocenters. The molecule has 0 aliphatic carbocycles. The molecule has 2 rings (SSSR count). The van der Waals surface area contributed by atoms with Crippen molar-refractivity contribution in [2.45, 2.75) is 40.8 Å². The largest absolute Gasteiger partial charge is 0.496 e. The van der Waals surface area contributed by atoms with Gasteiger partial charge in [0.05, 0.1) is 27.9 Å². The summed E-state index contributed by atoms with van der Waals surface area (Å²) < 4.78 is 17.4. The molecule has 1 aromatic carbocycles. The number of H-pyrrole nitrogens is 1. The zero-order valence-corrected chi connectivity index (χ0v) is 21.6. The first-order valence-electron chi connectivity index (χ1n) is 11.4. The molecule has 35 heavy (non-hydrogen) atoms. The minimum absolute atomic E-state index is 0.0439. The number of rotatable bonds is 12. The Morgan fingerprint density at radius 2 is 1.63 bits per heavy atom. The monoisotopic (exact) mass is 491 g/mol. The zero-order valence-electron chi connectivity index (χ0n) is 21.6. The summed E-state index contributed by atoms with van der Waals surface area (Å²) in [6, 6.07) is 3.41. The van der Waals surface area contributed by atoms with E-state index in [4.69, 9.17) is 19.9 Å². The fourth-order valence-electron chi connectivity index (χ4n) is 3.76. The van der Waals surface area contributed by atoms with E-state index in [1.165, 1.54) is 25.9 Å². The Morgan fingerprint density at radius 1 is 1.03 bits per heavy atom. The molecule has 0 atom stereocenters. The second kappa shape index (κ2) is 12.2. The van der Waals surface area contributed by atoms with Crippen LogP contribution in [-0.4, -0.2) is 49.9 Å². The summed E-state index contributed by atoms with van der Waals surface area (Å²) in [5.41, 5.74) is 5.88. The van der Waals surface area contributed by atoms with E-state index in [9.17, 15) is 14.4 Å². The standard InChI is InChI=1S/C24H37N5O6/c1-14(2)11-28(21-22(25)29(12-15(3)4)24(32)27-23(21)31)13-20(30)26-10-16-8-18(34-6)19(35-7)9-17(16)33-5/h8-9,14-15H,10-13,25H2,1-7H3,(H,26,30)(H,27,31,32). The van der Waals surface area contributed by atoms with Gasteiger partial charge in [0.2, 0.25) is 5.91 Å². The van der Waals surface area contributed by atoms with Crippen LogP contribution in [0.15, 0.2) is 21.7 Å². The molecule has 0 bridgehead atoms. The molecule has 2 aromatic rings. The SMILES string of the molecule is COc1cc(OC)c(OC)cc1CNC(=O)CN(CC(C)C)c1c(N)n(CC(C)C)c(=O)[nH]c1=O. The van der Waals surface area contributed by atoms with Gasteiger partial charge in [-0.3, -0.25) is 19.1 Å². The van der Waals surface area contributed by atoms with E-state index >= 15 is 0 Å². The minimum Gasteiger partial charge on any atom is -0.496 e. The van der Waals surface area contributed by atoms with Crippen molar-refractivity contribution in [2.75, 3.05) is 45.1 Å². The third-order valence-electron chi connectivity index (χ3n) is 5.26. The first kappa shape index (κ1) is 27.6. The summed E-state index contributed by atoms with van der Waals surface area (Å²) in [4.78, 5) is 41.9. The van der Waals surface area contributed by atoms with Gasteiger partial charge in [0.1, 0.15) is 17.3 Å². The summed E-state index contributed by atoms with van der Waals surface area (Å²) in [6.45, 7) is 8.59. The van der Waals surface area contributed by atoms with Crippen molar-refractivity contribution < 1.29 is 19.0 Å². The summed E-state index contributed by atoms with van der Waals surface area (Å²) in [7, 11) is 4.58. The number of benzene rings is 1. The lowest BCUT2D eigenvalue weighted by atomic mass is 10.1. The number of hydrogen-bond acceptors (Lipinski definition) is 8. The van der Waals surface area contributed by atoms with Gasteiger partial charge in [0, 0.05) is 31.3 Å². The molecule has 0 aliphatic rings. The highest BCUT2D eigenvalue weighted by atomic mass is 16.5. The molecule has 4 N–H and O–H groups in total. The van der Waals surface area contributed by atoms with Crippen molar-refractivity contribution >= 4 is 17.4 Å². The van der Waals surface area contributed by atoms with Crippen molar-refractivity contribution in [3.8, 4) is 17.2 Å². The Bertz CT molecular complexity index is 1140. The number of anilines is 2. The number of ether oxygens (including phenoxy) is 3. The zero-order chi connectivity index (χ0) is 26.3. The predicted molar refractivity (Wildman–Crippen MR) is 136 cm³/mol. The number of nitrogen functional groups attached to an aromatic ring is 1. The predicted octanol–water partition coefficient (Wildman–Crippen LogP) is 1.58. The van der Waals surface area contributed by atoms with Crippen LogP contribution in [0.2, 0.25) is 0 Å². The number of carbonyl (C=O) groups excluding carboxylic acids is 1. The van der Waals surface area contributed by atoms with Crippen molar-refractivity contribution in [3.05, 3.63) is 38.5 Å². The Balaban J connectivity index is 2.32. The van der Waals surface area contributed by atoms with Gasteiger partial charge in [-0.2, -0.15) is 0 Å². The van der Waals surface area contributed by atoms with Crippen LogP contribution in [0.5, 0.6) is 17.2 Å². The van der Waals surface area contributed by atoms with Crippen LogP contribution in [0.25, 0.3) is 0 Å². The number of aromatic amines is 1. The molecule has 0 spiro atoms. The molecule has 0 saturated carbocycles. The van der Waals surface area contributed by atoms with Crippen LogP contribution in [0.4, 0.5) is 11.5 Å². The average molecular weight is 492 g/mol. The summed E-state index contributed by atoms with van der Waals surface area (Å²) >= 11 is 0. The van der Waals surface area contributed by atoms with Gasteiger partial charge in [-0.05, 0) is 17.9 Å². The number of nitrogens with one attached hydrogen (secondary N) is 2. The normalized spacial score (nSPS) is 11.0. The van der Waals surface area contributed by atoms with E-state index in [1.54, 1.807) is 17.0 Å². The second-order valence-corrected chi connectivity index (χ2v) is 9.07. The first-order chi connectivity index (χ1) is 16.5. The number of methoxy groups -OCH3 is 3. The lowest BCUT2D eigenvalue weighted by Gasteiger charge is -2.27. The Morgan fingerprint density at radius 3 is 2.17 bits per heavy atom. The Kier molecular flexibility index (Phi) is 9.61. The van der Waals surface area contributed by atoms with Crippen LogP contribution >= 0.6 is 0 Å². The minimum atomic E-state index is -0.623. The van der Waals surface area contributed by atoms with Crippen LogP contribution < -0.4 is 41.4 Å². The molecule has 1 aromatic heterocycles. The molecule has 11 heteroatoms. The fraction of sp³-hybridized carbons (Fsp3) is 0.542. The van der Waals surface area contributed by atoms with Crippen molar-refractivity contribution in [1.82, 2.24) is 14.9 Å². The van der Waals surface area contributed by atoms with E-state index < -0.39 is 11.2 Å². The van der Waals surface area contributed by atoms with E-state index in [1.807, 2.05) is 27.7 Å². The number of hydrogen-bond donors (Lipinski definition) is 3. The highest BCUT2D eigenvalue weighted by Gasteiger charge is 2.22. The maximum atomic E-state index is 12.9. The molecule has 0 saturated heterocycles. The number of amides is 1. The maximum Gasteiger partial charge on any atom is 0.330 e. The summed E-state index contributed by atoms with van der Waals surface area (Å²) in [6.07, 6.45) is 0. The quantitative estimate of drug-likeness (QED) is 0.406. The lowest BCUT2D eigenvalue weighted by Crippen LogP contribution is -2.44. The van der Waals surface area contributed by atoms with Crippen molar-refractivity contribution in [2.24, 2.45) is 11.8 Å². The molecule has 0 radical (unpaired) electrons. The number of nitrogens with zero attached hydrogens (tertiary/aromatic N) is 2. The van der Waals surface area contributed by atoms with E-state index in [0.717, 1.165) is 0 Å². The van der Waals surface area contributed by atoms with Crippen molar-refractivity contribution in [3.63, 3.8) is 0 Å².